The van der Waals surface area contributed by atoms with E-state index in [0.29, 0.717) is 12.4 Å². The Kier molecular flexibility index (Phi) is 5.05. The molecular formula is C18H16F3NO4S. The van der Waals surface area contributed by atoms with Crippen molar-refractivity contribution in [3.63, 3.8) is 0 Å². The number of ether oxygens (including phenoxy) is 2. The fraction of sp³-hybridized carbons (Fsp3) is 0.222. The Labute approximate surface area is 154 Å². The van der Waals surface area contributed by atoms with Gasteiger partial charge in [-0.1, -0.05) is 12.1 Å². The van der Waals surface area contributed by atoms with E-state index >= 15 is 0 Å². The highest BCUT2D eigenvalue weighted by atomic mass is 32.2. The lowest BCUT2D eigenvalue weighted by atomic mass is 10.2. The molecule has 0 saturated heterocycles. The molecule has 2 aromatic rings. The van der Waals surface area contributed by atoms with Crippen LogP contribution >= 0.6 is 0 Å². The van der Waals surface area contributed by atoms with Crippen LogP contribution in [0.5, 0.6) is 11.5 Å². The van der Waals surface area contributed by atoms with Crippen molar-refractivity contribution >= 4 is 15.7 Å². The molecule has 1 aliphatic heterocycles. The number of benzene rings is 2. The molecule has 0 amide bonds. The lowest BCUT2D eigenvalue weighted by molar-refractivity contribution is -0.137. The summed E-state index contributed by atoms with van der Waals surface area (Å²) in [7, 11) is -4.15. The molecule has 0 fully saturated rings. The average Bonchev–Trinajstić information content (AvgIpc) is 2.65. The van der Waals surface area contributed by atoms with Gasteiger partial charge in [0.15, 0.2) is 11.5 Å². The molecule has 1 heterocycles. The summed E-state index contributed by atoms with van der Waals surface area (Å²) in [6, 6.07) is 8.22. The van der Waals surface area contributed by atoms with E-state index in [0.717, 1.165) is 22.5 Å². The first kappa shape index (κ1) is 19.1. The number of sulfonamides is 1. The summed E-state index contributed by atoms with van der Waals surface area (Å²) < 4.78 is 76.8. The fourth-order valence-corrected chi connectivity index (χ4v) is 4.05. The second kappa shape index (κ2) is 7.15. The van der Waals surface area contributed by atoms with Crippen LogP contribution in [0.15, 0.2) is 60.0 Å². The Morgan fingerprint density at radius 2 is 1.78 bits per heavy atom. The maximum absolute atomic E-state index is 13.1. The minimum atomic E-state index is -4.59. The molecule has 3 rings (SSSR count). The van der Waals surface area contributed by atoms with E-state index in [2.05, 4.69) is 6.58 Å². The molecule has 0 saturated carbocycles. The lowest BCUT2D eigenvalue weighted by Gasteiger charge is -2.25. The van der Waals surface area contributed by atoms with Crippen LogP contribution < -0.4 is 13.8 Å². The summed E-state index contributed by atoms with van der Waals surface area (Å²) in [6.45, 7) is 3.94. The van der Waals surface area contributed by atoms with Crippen LogP contribution in [-0.2, 0) is 16.2 Å². The third-order valence-electron chi connectivity index (χ3n) is 3.86. The number of anilines is 1. The molecule has 0 unspecified atom stereocenters. The highest BCUT2D eigenvalue weighted by Gasteiger charge is 2.32. The van der Waals surface area contributed by atoms with Crippen LogP contribution in [0.3, 0.4) is 0 Å². The smallest absolute Gasteiger partial charge is 0.416 e. The van der Waals surface area contributed by atoms with E-state index in [-0.39, 0.29) is 29.5 Å². The second-order valence-electron chi connectivity index (χ2n) is 5.68. The van der Waals surface area contributed by atoms with Gasteiger partial charge in [0, 0.05) is 6.07 Å². The van der Waals surface area contributed by atoms with Crippen molar-refractivity contribution in [1.82, 2.24) is 0 Å². The summed E-state index contributed by atoms with van der Waals surface area (Å²) in [4.78, 5) is -0.119. The van der Waals surface area contributed by atoms with Gasteiger partial charge >= 0.3 is 6.18 Å². The van der Waals surface area contributed by atoms with Gasteiger partial charge < -0.3 is 9.47 Å². The molecular weight excluding hydrogens is 383 g/mol. The number of nitrogens with zero attached hydrogens (tertiary/aromatic N) is 1. The third-order valence-corrected chi connectivity index (χ3v) is 5.65. The number of fused-ring (bicyclic) bond motifs is 1. The lowest BCUT2D eigenvalue weighted by Crippen LogP contribution is -2.31. The first-order valence-corrected chi connectivity index (χ1v) is 9.38. The summed E-state index contributed by atoms with van der Waals surface area (Å²) >= 11 is 0. The summed E-state index contributed by atoms with van der Waals surface area (Å²) in [5, 5.41) is 0. The predicted octanol–water partition coefficient (Wildman–Crippen LogP) is 3.86. The largest absolute Gasteiger partial charge is 0.486 e. The zero-order valence-electron chi connectivity index (χ0n) is 14.1. The van der Waals surface area contributed by atoms with Crippen LogP contribution in [0.4, 0.5) is 18.9 Å². The molecule has 0 atom stereocenters. The number of hydrogen-bond donors (Lipinski definition) is 0. The molecule has 0 aromatic heterocycles. The Morgan fingerprint density at radius 1 is 1.07 bits per heavy atom. The molecule has 0 bridgehead atoms. The van der Waals surface area contributed by atoms with Crippen LogP contribution in [0.25, 0.3) is 0 Å². The third kappa shape index (κ3) is 3.87. The maximum atomic E-state index is 13.1. The summed E-state index contributed by atoms with van der Waals surface area (Å²) in [6.07, 6.45) is -3.29. The van der Waals surface area contributed by atoms with Crippen molar-refractivity contribution in [2.75, 3.05) is 24.1 Å². The van der Waals surface area contributed by atoms with Gasteiger partial charge in [-0.25, -0.2) is 8.42 Å². The van der Waals surface area contributed by atoms with Gasteiger partial charge in [0.1, 0.15) is 13.2 Å². The number of halogens is 3. The van der Waals surface area contributed by atoms with Crippen LogP contribution in [0, 0.1) is 0 Å². The van der Waals surface area contributed by atoms with Gasteiger partial charge in [0.25, 0.3) is 10.0 Å². The van der Waals surface area contributed by atoms with E-state index in [1.165, 1.54) is 30.3 Å². The van der Waals surface area contributed by atoms with Crippen molar-refractivity contribution in [2.45, 2.75) is 11.1 Å². The molecule has 0 N–H and O–H groups in total. The standard InChI is InChI=1S/C18H16F3NO4S/c1-2-8-22(14-5-3-4-13(11-14)18(19,20)21)27(23,24)15-6-7-16-17(12-15)26-10-9-25-16/h2-7,11-12H,1,8-10H2. The average molecular weight is 399 g/mol. The fourth-order valence-electron chi connectivity index (χ4n) is 2.61. The Morgan fingerprint density at radius 3 is 2.44 bits per heavy atom. The number of rotatable bonds is 5. The molecule has 5 nitrogen and oxygen atoms in total. The highest BCUT2D eigenvalue weighted by molar-refractivity contribution is 7.92. The van der Waals surface area contributed by atoms with Gasteiger partial charge in [0.2, 0.25) is 0 Å². The molecule has 0 aliphatic carbocycles. The first-order valence-electron chi connectivity index (χ1n) is 7.94. The van der Waals surface area contributed by atoms with Gasteiger partial charge in [-0.3, -0.25) is 4.31 Å². The number of hydrogen-bond acceptors (Lipinski definition) is 4. The Balaban J connectivity index is 2.05. The molecule has 27 heavy (non-hydrogen) atoms. The van der Waals surface area contributed by atoms with Crippen molar-refractivity contribution < 1.29 is 31.1 Å². The zero-order valence-corrected chi connectivity index (χ0v) is 14.9. The second-order valence-corrected chi connectivity index (χ2v) is 7.54. The van der Waals surface area contributed by atoms with E-state index in [9.17, 15) is 21.6 Å². The minimum Gasteiger partial charge on any atom is -0.486 e. The van der Waals surface area contributed by atoms with Gasteiger partial charge in [0.05, 0.1) is 22.7 Å². The molecule has 0 spiro atoms. The topological polar surface area (TPSA) is 55.8 Å². The van der Waals surface area contributed by atoms with E-state index in [1.807, 2.05) is 0 Å². The van der Waals surface area contributed by atoms with Crippen LogP contribution in [0.1, 0.15) is 5.56 Å². The van der Waals surface area contributed by atoms with E-state index < -0.39 is 21.8 Å². The monoisotopic (exact) mass is 399 g/mol. The van der Waals surface area contributed by atoms with Crippen molar-refractivity contribution in [1.29, 1.82) is 0 Å². The SMILES string of the molecule is C=CCN(c1cccc(C(F)(F)F)c1)S(=O)(=O)c1ccc2c(c1)OCCO2. The van der Waals surface area contributed by atoms with Crippen molar-refractivity contribution in [3.8, 4) is 11.5 Å². The van der Waals surface area contributed by atoms with E-state index in [1.54, 1.807) is 0 Å². The van der Waals surface area contributed by atoms with Gasteiger partial charge in [-0.05, 0) is 30.3 Å². The number of alkyl halides is 3. The normalized spacial score (nSPS) is 13.9. The summed E-state index contributed by atoms with van der Waals surface area (Å²) in [5.41, 5.74) is -1.05. The molecule has 1 aliphatic rings. The van der Waals surface area contributed by atoms with E-state index in [4.69, 9.17) is 9.47 Å². The van der Waals surface area contributed by atoms with Crippen LogP contribution in [0.2, 0.25) is 0 Å². The minimum absolute atomic E-state index is 0.111. The van der Waals surface area contributed by atoms with Crippen LogP contribution in [-0.4, -0.2) is 28.2 Å². The zero-order chi connectivity index (χ0) is 19.7. The molecule has 2 aromatic carbocycles. The van der Waals surface area contributed by atoms with Crippen molar-refractivity contribution in [3.05, 3.63) is 60.7 Å². The Bertz CT molecular complexity index is 957. The molecule has 9 heteroatoms. The predicted molar refractivity (Wildman–Crippen MR) is 93.6 cm³/mol. The molecule has 144 valence electrons. The first-order chi connectivity index (χ1) is 12.7. The van der Waals surface area contributed by atoms with Crippen molar-refractivity contribution in [2.24, 2.45) is 0 Å². The Hall–Kier alpha value is -2.68. The maximum Gasteiger partial charge on any atom is 0.416 e. The quantitative estimate of drug-likeness (QED) is 0.717. The highest BCUT2D eigenvalue weighted by Crippen LogP contribution is 2.36. The van der Waals surface area contributed by atoms with Gasteiger partial charge in [-0.2, -0.15) is 13.2 Å². The van der Waals surface area contributed by atoms with Gasteiger partial charge in [-0.15, -0.1) is 6.58 Å². The summed E-state index contributed by atoms with van der Waals surface area (Å²) in [5.74, 6) is 0.680. The molecule has 0 radical (unpaired) electrons.